The SMILES string of the molecule is COc1ccc(C=C(C)C(=O)N2C(=O)OC[C@H]2c2ccccc2)cc1OCC1CC1. The lowest BCUT2D eigenvalue weighted by Gasteiger charge is -2.20. The molecule has 2 aromatic rings. The zero-order chi connectivity index (χ0) is 21.1. The lowest BCUT2D eigenvalue weighted by molar-refractivity contribution is -0.125. The average molecular weight is 407 g/mol. The van der Waals surface area contributed by atoms with Crippen LogP contribution in [0, 0.1) is 5.92 Å². The summed E-state index contributed by atoms with van der Waals surface area (Å²) in [6.07, 6.45) is 3.53. The van der Waals surface area contributed by atoms with Gasteiger partial charge in [-0.25, -0.2) is 9.69 Å². The maximum atomic E-state index is 13.1. The highest BCUT2D eigenvalue weighted by Gasteiger charge is 2.39. The second-order valence-electron chi connectivity index (χ2n) is 7.67. The van der Waals surface area contributed by atoms with Crippen molar-refractivity contribution in [3.05, 3.63) is 65.2 Å². The number of ether oxygens (including phenoxy) is 3. The van der Waals surface area contributed by atoms with Crippen LogP contribution in [0.2, 0.25) is 0 Å². The molecule has 2 amide bonds. The molecule has 30 heavy (non-hydrogen) atoms. The van der Waals surface area contributed by atoms with Gasteiger partial charge in [-0.05, 0) is 55.0 Å². The molecule has 0 radical (unpaired) electrons. The summed E-state index contributed by atoms with van der Waals surface area (Å²) in [6.45, 7) is 2.52. The maximum Gasteiger partial charge on any atom is 0.417 e. The van der Waals surface area contributed by atoms with Gasteiger partial charge in [0.2, 0.25) is 0 Å². The Labute approximate surface area is 176 Å². The van der Waals surface area contributed by atoms with E-state index >= 15 is 0 Å². The molecule has 2 aliphatic rings. The number of carbonyl (C=O) groups is 2. The zero-order valence-electron chi connectivity index (χ0n) is 17.2. The second kappa shape index (κ2) is 8.61. The van der Waals surface area contributed by atoms with Gasteiger partial charge in [0.1, 0.15) is 12.6 Å². The van der Waals surface area contributed by atoms with Crippen molar-refractivity contribution in [2.24, 2.45) is 5.92 Å². The van der Waals surface area contributed by atoms with Gasteiger partial charge < -0.3 is 14.2 Å². The molecule has 1 heterocycles. The molecule has 1 aliphatic carbocycles. The summed E-state index contributed by atoms with van der Waals surface area (Å²) in [5, 5.41) is 0. The van der Waals surface area contributed by atoms with E-state index in [9.17, 15) is 9.59 Å². The first-order valence-corrected chi connectivity index (χ1v) is 10.1. The summed E-state index contributed by atoms with van der Waals surface area (Å²) in [6, 6.07) is 14.5. The fourth-order valence-electron chi connectivity index (χ4n) is 3.46. The lowest BCUT2D eigenvalue weighted by Crippen LogP contribution is -2.34. The monoisotopic (exact) mass is 407 g/mol. The molecule has 0 unspecified atom stereocenters. The van der Waals surface area contributed by atoms with Crippen LogP contribution in [-0.4, -0.2) is 37.2 Å². The molecule has 0 spiro atoms. The van der Waals surface area contributed by atoms with Crippen LogP contribution >= 0.6 is 0 Å². The highest BCUT2D eigenvalue weighted by atomic mass is 16.6. The number of carbonyl (C=O) groups excluding carboxylic acids is 2. The van der Waals surface area contributed by atoms with Crippen LogP contribution in [0.4, 0.5) is 4.79 Å². The molecule has 0 bridgehead atoms. The van der Waals surface area contributed by atoms with Crippen molar-refractivity contribution in [3.8, 4) is 11.5 Å². The van der Waals surface area contributed by atoms with Crippen molar-refractivity contribution in [2.75, 3.05) is 20.3 Å². The first kappa shape index (κ1) is 20.0. The Hall–Kier alpha value is -3.28. The van der Waals surface area contributed by atoms with Crippen LogP contribution < -0.4 is 9.47 Å². The van der Waals surface area contributed by atoms with Crippen molar-refractivity contribution >= 4 is 18.1 Å². The smallest absolute Gasteiger partial charge is 0.417 e. The van der Waals surface area contributed by atoms with Gasteiger partial charge in [0.25, 0.3) is 5.91 Å². The fraction of sp³-hybridized carbons (Fsp3) is 0.333. The number of imide groups is 1. The first-order valence-electron chi connectivity index (χ1n) is 10.1. The normalized spacial score (nSPS) is 18.9. The third-order valence-electron chi connectivity index (χ3n) is 5.36. The summed E-state index contributed by atoms with van der Waals surface area (Å²) in [7, 11) is 1.60. The van der Waals surface area contributed by atoms with Crippen LogP contribution in [0.3, 0.4) is 0 Å². The topological polar surface area (TPSA) is 65.1 Å². The van der Waals surface area contributed by atoms with Gasteiger partial charge in [-0.1, -0.05) is 36.4 Å². The standard InChI is InChI=1S/C24H25NO5/c1-16(12-18-10-11-21(28-2)22(13-18)29-14-17-8-9-17)23(26)25-20(15-30-24(25)27)19-6-4-3-5-7-19/h3-7,10-13,17,20H,8-9,14-15H2,1-2H3/t20-/m0/s1. The molecule has 2 fully saturated rings. The number of amides is 2. The van der Waals surface area contributed by atoms with E-state index in [1.54, 1.807) is 20.1 Å². The molecule has 1 aliphatic heterocycles. The molecule has 0 aromatic heterocycles. The molecule has 4 rings (SSSR count). The van der Waals surface area contributed by atoms with Crippen LogP contribution in [0.25, 0.3) is 6.08 Å². The molecule has 6 heteroatoms. The number of benzene rings is 2. The van der Waals surface area contributed by atoms with E-state index in [0.717, 1.165) is 11.1 Å². The molecule has 156 valence electrons. The summed E-state index contributed by atoms with van der Waals surface area (Å²) in [5.41, 5.74) is 2.11. The number of nitrogens with zero attached hydrogens (tertiary/aromatic N) is 1. The Balaban J connectivity index is 1.55. The van der Waals surface area contributed by atoms with Gasteiger partial charge in [-0.3, -0.25) is 4.79 Å². The molecule has 1 saturated carbocycles. The van der Waals surface area contributed by atoms with E-state index in [0.29, 0.717) is 29.6 Å². The Kier molecular flexibility index (Phi) is 5.74. The summed E-state index contributed by atoms with van der Waals surface area (Å²) < 4.78 is 16.5. The van der Waals surface area contributed by atoms with Gasteiger partial charge in [0, 0.05) is 5.57 Å². The minimum Gasteiger partial charge on any atom is -0.493 e. The van der Waals surface area contributed by atoms with Gasteiger partial charge in [0.05, 0.1) is 13.7 Å². The van der Waals surface area contributed by atoms with E-state index in [-0.39, 0.29) is 12.5 Å². The number of hydrogen-bond donors (Lipinski definition) is 0. The van der Waals surface area contributed by atoms with Gasteiger partial charge in [-0.15, -0.1) is 0 Å². The Morgan fingerprint density at radius 3 is 2.63 bits per heavy atom. The minimum absolute atomic E-state index is 0.156. The molecule has 6 nitrogen and oxygen atoms in total. The van der Waals surface area contributed by atoms with Crippen molar-refractivity contribution in [1.82, 2.24) is 4.90 Å². The number of cyclic esters (lactones) is 1. The van der Waals surface area contributed by atoms with Gasteiger partial charge in [-0.2, -0.15) is 0 Å². The molecule has 2 aromatic carbocycles. The molecule has 0 N–H and O–H groups in total. The van der Waals surface area contributed by atoms with Crippen molar-refractivity contribution in [2.45, 2.75) is 25.8 Å². The number of rotatable bonds is 7. The number of methoxy groups -OCH3 is 1. The fourth-order valence-corrected chi connectivity index (χ4v) is 3.46. The quantitative estimate of drug-likeness (QED) is 0.627. The summed E-state index contributed by atoms with van der Waals surface area (Å²) in [5.74, 6) is 1.56. The highest BCUT2D eigenvalue weighted by Crippen LogP contribution is 2.34. The van der Waals surface area contributed by atoms with Gasteiger partial charge >= 0.3 is 6.09 Å². The third kappa shape index (κ3) is 4.32. The van der Waals surface area contributed by atoms with E-state index < -0.39 is 12.1 Å². The number of hydrogen-bond acceptors (Lipinski definition) is 5. The first-order chi connectivity index (χ1) is 14.6. The summed E-state index contributed by atoms with van der Waals surface area (Å²) in [4.78, 5) is 26.5. The van der Waals surface area contributed by atoms with Crippen molar-refractivity contribution in [1.29, 1.82) is 0 Å². The van der Waals surface area contributed by atoms with E-state index in [2.05, 4.69) is 0 Å². The van der Waals surface area contributed by atoms with Crippen LogP contribution in [0.1, 0.15) is 36.9 Å². The van der Waals surface area contributed by atoms with Crippen molar-refractivity contribution < 1.29 is 23.8 Å². The van der Waals surface area contributed by atoms with E-state index in [1.807, 2.05) is 48.5 Å². The zero-order valence-corrected chi connectivity index (χ0v) is 17.2. The molecular weight excluding hydrogens is 382 g/mol. The largest absolute Gasteiger partial charge is 0.493 e. The molecule has 1 atom stereocenters. The maximum absolute atomic E-state index is 13.1. The van der Waals surface area contributed by atoms with E-state index in [4.69, 9.17) is 14.2 Å². The van der Waals surface area contributed by atoms with E-state index in [1.165, 1.54) is 17.7 Å². The third-order valence-corrected chi connectivity index (χ3v) is 5.36. The Bertz CT molecular complexity index is 965. The predicted octanol–water partition coefficient (Wildman–Crippen LogP) is 4.61. The summed E-state index contributed by atoms with van der Waals surface area (Å²) >= 11 is 0. The molecule has 1 saturated heterocycles. The minimum atomic E-state index is -0.621. The van der Waals surface area contributed by atoms with Crippen LogP contribution in [0.5, 0.6) is 11.5 Å². The molecular formula is C24H25NO5. The van der Waals surface area contributed by atoms with Crippen LogP contribution in [0.15, 0.2) is 54.1 Å². The van der Waals surface area contributed by atoms with Gasteiger partial charge in [0.15, 0.2) is 11.5 Å². The highest BCUT2D eigenvalue weighted by molar-refractivity contribution is 6.05. The predicted molar refractivity (Wildman–Crippen MR) is 112 cm³/mol. The van der Waals surface area contributed by atoms with Crippen molar-refractivity contribution in [3.63, 3.8) is 0 Å². The average Bonchev–Trinajstić information content (AvgIpc) is 3.52. The second-order valence-corrected chi connectivity index (χ2v) is 7.67. The van der Waals surface area contributed by atoms with Crippen LogP contribution in [-0.2, 0) is 9.53 Å². The lowest BCUT2D eigenvalue weighted by atomic mass is 10.1. The Morgan fingerprint density at radius 2 is 1.93 bits per heavy atom. The Morgan fingerprint density at radius 1 is 1.17 bits per heavy atom.